The van der Waals surface area contributed by atoms with Crippen LogP contribution in [0.15, 0.2) is 60.7 Å². The van der Waals surface area contributed by atoms with Crippen LogP contribution in [0.1, 0.15) is 18.1 Å². The predicted octanol–water partition coefficient (Wildman–Crippen LogP) is 3.57. The Hall–Kier alpha value is -2.55. The van der Waals surface area contributed by atoms with Gasteiger partial charge in [0.1, 0.15) is 0 Å². The first kappa shape index (κ1) is 14.9. The third-order valence-corrected chi connectivity index (χ3v) is 3.13. The van der Waals surface area contributed by atoms with Crippen molar-refractivity contribution in [3.63, 3.8) is 0 Å². The highest BCUT2D eigenvalue weighted by atomic mass is 16.2. The molecule has 0 aliphatic carbocycles. The van der Waals surface area contributed by atoms with E-state index in [2.05, 4.69) is 5.43 Å². The number of amides is 1. The molecule has 3 nitrogen and oxygen atoms in total. The van der Waals surface area contributed by atoms with Crippen LogP contribution in [0.2, 0.25) is 0 Å². The summed E-state index contributed by atoms with van der Waals surface area (Å²) in [7, 11) is 0. The first-order valence-corrected chi connectivity index (χ1v) is 7.07. The Morgan fingerprint density at radius 1 is 1.10 bits per heavy atom. The minimum Gasteiger partial charge on any atom is -0.286 e. The molecule has 3 heteroatoms. The summed E-state index contributed by atoms with van der Waals surface area (Å²) in [4.78, 5) is 12.0. The van der Waals surface area contributed by atoms with E-state index >= 15 is 0 Å². The van der Waals surface area contributed by atoms with Crippen molar-refractivity contribution in [2.24, 2.45) is 0 Å². The van der Waals surface area contributed by atoms with Crippen molar-refractivity contribution in [1.29, 1.82) is 0 Å². The first-order valence-electron chi connectivity index (χ1n) is 7.07. The maximum atomic E-state index is 12.0. The van der Waals surface area contributed by atoms with E-state index in [0.29, 0.717) is 6.54 Å². The Labute approximate surface area is 125 Å². The van der Waals surface area contributed by atoms with Crippen molar-refractivity contribution >= 4 is 17.7 Å². The van der Waals surface area contributed by atoms with E-state index in [4.69, 9.17) is 0 Å². The molecule has 0 aliphatic heterocycles. The van der Waals surface area contributed by atoms with Crippen molar-refractivity contribution in [1.82, 2.24) is 5.43 Å². The molecule has 2 aromatic rings. The Balaban J connectivity index is 2.00. The lowest BCUT2D eigenvalue weighted by Gasteiger charge is -2.23. The summed E-state index contributed by atoms with van der Waals surface area (Å²) < 4.78 is 0. The summed E-state index contributed by atoms with van der Waals surface area (Å²) in [6, 6.07) is 17.8. The fourth-order valence-corrected chi connectivity index (χ4v) is 1.96. The SMILES string of the molecule is CCN(NC(=O)/C=C/c1ccccc1)c1ccc(C)cc1. The molecule has 0 saturated heterocycles. The van der Waals surface area contributed by atoms with E-state index in [9.17, 15) is 4.79 Å². The van der Waals surface area contributed by atoms with E-state index in [1.165, 1.54) is 5.56 Å². The summed E-state index contributed by atoms with van der Waals surface area (Å²) in [6.07, 6.45) is 3.35. The average molecular weight is 280 g/mol. The second-order valence-corrected chi connectivity index (χ2v) is 4.80. The van der Waals surface area contributed by atoms with Gasteiger partial charge in [-0.2, -0.15) is 0 Å². The largest absolute Gasteiger partial charge is 0.286 e. The molecule has 0 unspecified atom stereocenters. The van der Waals surface area contributed by atoms with Gasteiger partial charge in [-0.3, -0.25) is 15.2 Å². The second-order valence-electron chi connectivity index (χ2n) is 4.80. The molecule has 0 bridgehead atoms. The molecule has 0 saturated carbocycles. The van der Waals surface area contributed by atoms with Gasteiger partial charge in [0.25, 0.3) is 5.91 Å². The van der Waals surface area contributed by atoms with E-state index in [0.717, 1.165) is 11.3 Å². The number of aryl methyl sites for hydroxylation is 1. The molecule has 0 heterocycles. The zero-order valence-electron chi connectivity index (χ0n) is 12.4. The Bertz CT molecular complexity index is 603. The van der Waals surface area contributed by atoms with E-state index < -0.39 is 0 Å². The monoisotopic (exact) mass is 280 g/mol. The van der Waals surface area contributed by atoms with Gasteiger partial charge >= 0.3 is 0 Å². The number of nitrogens with zero attached hydrogens (tertiary/aromatic N) is 1. The van der Waals surface area contributed by atoms with Crippen LogP contribution in [-0.2, 0) is 4.79 Å². The van der Waals surface area contributed by atoms with Crippen LogP contribution in [0.3, 0.4) is 0 Å². The minimum absolute atomic E-state index is 0.138. The van der Waals surface area contributed by atoms with Crippen molar-refractivity contribution < 1.29 is 4.79 Å². The third kappa shape index (κ3) is 4.49. The summed E-state index contributed by atoms with van der Waals surface area (Å²) in [5.41, 5.74) is 6.06. The number of rotatable bonds is 5. The fourth-order valence-electron chi connectivity index (χ4n) is 1.96. The first-order chi connectivity index (χ1) is 10.2. The van der Waals surface area contributed by atoms with Gasteiger partial charge in [0.15, 0.2) is 0 Å². The maximum Gasteiger partial charge on any atom is 0.262 e. The molecular weight excluding hydrogens is 260 g/mol. The van der Waals surface area contributed by atoms with Crippen molar-refractivity contribution in [3.8, 4) is 0 Å². The number of carbonyl (C=O) groups is 1. The zero-order chi connectivity index (χ0) is 15.1. The van der Waals surface area contributed by atoms with E-state index in [-0.39, 0.29) is 5.91 Å². The molecule has 1 N–H and O–H groups in total. The second kappa shape index (κ2) is 7.29. The lowest BCUT2D eigenvalue weighted by Crippen LogP contribution is -2.41. The van der Waals surface area contributed by atoms with Gasteiger partial charge in [-0.1, -0.05) is 48.0 Å². The summed E-state index contributed by atoms with van der Waals surface area (Å²) in [5, 5.41) is 1.83. The highest BCUT2D eigenvalue weighted by Crippen LogP contribution is 2.12. The molecule has 21 heavy (non-hydrogen) atoms. The molecule has 0 fully saturated rings. The molecule has 0 aromatic heterocycles. The Kier molecular flexibility index (Phi) is 5.16. The van der Waals surface area contributed by atoms with Crippen LogP contribution >= 0.6 is 0 Å². The van der Waals surface area contributed by atoms with Crippen LogP contribution in [-0.4, -0.2) is 12.5 Å². The van der Waals surface area contributed by atoms with Crippen LogP contribution < -0.4 is 10.4 Å². The van der Waals surface area contributed by atoms with Gasteiger partial charge in [-0.15, -0.1) is 0 Å². The van der Waals surface area contributed by atoms with E-state index in [1.54, 1.807) is 12.2 Å². The quantitative estimate of drug-likeness (QED) is 0.671. The molecule has 0 radical (unpaired) electrons. The number of hydrazine groups is 1. The zero-order valence-corrected chi connectivity index (χ0v) is 12.4. The third-order valence-electron chi connectivity index (χ3n) is 3.13. The van der Waals surface area contributed by atoms with Gasteiger partial charge < -0.3 is 0 Å². The van der Waals surface area contributed by atoms with Crippen molar-refractivity contribution in [2.45, 2.75) is 13.8 Å². The molecule has 2 rings (SSSR count). The normalized spacial score (nSPS) is 10.6. The summed E-state index contributed by atoms with van der Waals surface area (Å²) in [6.45, 7) is 4.75. The maximum absolute atomic E-state index is 12.0. The fraction of sp³-hybridized carbons (Fsp3) is 0.167. The molecule has 1 amide bonds. The number of benzene rings is 2. The smallest absolute Gasteiger partial charge is 0.262 e. The number of carbonyl (C=O) groups excluding carboxylic acids is 1. The van der Waals surface area contributed by atoms with Gasteiger partial charge in [-0.25, -0.2) is 0 Å². The minimum atomic E-state index is -0.138. The standard InChI is InChI=1S/C18H20N2O/c1-3-20(17-12-9-15(2)10-13-17)19-18(21)14-11-16-7-5-4-6-8-16/h4-14H,3H2,1-2H3,(H,19,21)/b14-11+. The van der Waals surface area contributed by atoms with Gasteiger partial charge in [-0.05, 0) is 37.6 Å². The van der Waals surface area contributed by atoms with Gasteiger partial charge in [0.05, 0.1) is 5.69 Å². The molecule has 0 aliphatic rings. The number of nitrogens with one attached hydrogen (secondary N) is 1. The topological polar surface area (TPSA) is 32.3 Å². The van der Waals surface area contributed by atoms with Crippen LogP contribution in [0.25, 0.3) is 6.08 Å². The van der Waals surface area contributed by atoms with Gasteiger partial charge in [0, 0.05) is 12.6 Å². The lowest BCUT2D eigenvalue weighted by atomic mass is 10.2. The molecule has 0 spiro atoms. The van der Waals surface area contributed by atoms with Crippen molar-refractivity contribution in [3.05, 3.63) is 71.8 Å². The van der Waals surface area contributed by atoms with Crippen LogP contribution in [0.5, 0.6) is 0 Å². The number of hydrogen-bond donors (Lipinski definition) is 1. The Morgan fingerprint density at radius 2 is 1.76 bits per heavy atom. The van der Waals surface area contributed by atoms with Gasteiger partial charge in [0.2, 0.25) is 0 Å². The molecular formula is C18H20N2O. The summed E-state index contributed by atoms with van der Waals surface area (Å²) >= 11 is 0. The molecule has 108 valence electrons. The highest BCUT2D eigenvalue weighted by Gasteiger charge is 2.05. The van der Waals surface area contributed by atoms with E-state index in [1.807, 2.05) is 73.5 Å². The van der Waals surface area contributed by atoms with Crippen molar-refractivity contribution in [2.75, 3.05) is 11.6 Å². The molecule has 0 atom stereocenters. The number of hydrogen-bond acceptors (Lipinski definition) is 2. The molecule has 2 aromatic carbocycles. The number of anilines is 1. The predicted molar refractivity (Wildman–Crippen MR) is 87.8 cm³/mol. The summed E-state index contributed by atoms with van der Waals surface area (Å²) in [5.74, 6) is -0.138. The highest BCUT2D eigenvalue weighted by molar-refractivity contribution is 5.92. The average Bonchev–Trinajstić information content (AvgIpc) is 2.52. The Morgan fingerprint density at radius 3 is 2.38 bits per heavy atom. The lowest BCUT2D eigenvalue weighted by molar-refractivity contribution is -0.116. The van der Waals surface area contributed by atoms with Crippen LogP contribution in [0, 0.1) is 6.92 Å². The van der Waals surface area contributed by atoms with Crippen LogP contribution in [0.4, 0.5) is 5.69 Å².